The summed E-state index contributed by atoms with van der Waals surface area (Å²) in [4.78, 5) is 13.2. The van der Waals surface area contributed by atoms with Crippen LogP contribution in [0.1, 0.15) is 40.3 Å². The van der Waals surface area contributed by atoms with Gasteiger partial charge in [0, 0.05) is 20.5 Å². The van der Waals surface area contributed by atoms with Crippen molar-refractivity contribution < 1.29 is 17.9 Å². The second kappa shape index (κ2) is 10.8. The van der Waals surface area contributed by atoms with E-state index in [0.717, 1.165) is 16.7 Å². The van der Waals surface area contributed by atoms with Gasteiger partial charge in [0.1, 0.15) is 5.75 Å². The van der Waals surface area contributed by atoms with E-state index in [9.17, 15) is 13.2 Å². The molecule has 3 aromatic carbocycles. The van der Waals surface area contributed by atoms with Gasteiger partial charge in [0.15, 0.2) is 0 Å². The van der Waals surface area contributed by atoms with Crippen LogP contribution in [-0.4, -0.2) is 39.8 Å². The largest absolute Gasteiger partial charge is 0.496 e. The summed E-state index contributed by atoms with van der Waals surface area (Å²) in [6.45, 7) is 4.09. The molecule has 1 amide bonds. The minimum atomic E-state index is -3.59. The first-order valence-electron chi connectivity index (χ1n) is 11.1. The lowest BCUT2D eigenvalue weighted by atomic mass is 9.93. The lowest BCUT2D eigenvalue weighted by Gasteiger charge is -2.22. The van der Waals surface area contributed by atoms with E-state index in [0.29, 0.717) is 17.7 Å². The molecule has 3 aromatic rings. The van der Waals surface area contributed by atoms with Crippen molar-refractivity contribution in [2.75, 3.05) is 21.2 Å². The molecule has 3 rings (SSSR count). The lowest BCUT2D eigenvalue weighted by molar-refractivity contribution is -0.121. The number of methoxy groups -OCH3 is 1. The second-order valence-electron chi connectivity index (χ2n) is 8.53. The molecule has 7 heteroatoms. The molecule has 0 heterocycles. The molecule has 0 radical (unpaired) electrons. The van der Waals surface area contributed by atoms with Crippen LogP contribution >= 0.6 is 0 Å². The second-order valence-corrected chi connectivity index (χ2v) is 10.7. The Hall–Kier alpha value is -3.16. The maximum atomic E-state index is 13.1. The zero-order chi connectivity index (χ0) is 24.9. The van der Waals surface area contributed by atoms with Crippen molar-refractivity contribution in [2.45, 2.75) is 37.6 Å². The van der Waals surface area contributed by atoms with Crippen LogP contribution in [0.5, 0.6) is 5.75 Å². The summed E-state index contributed by atoms with van der Waals surface area (Å²) in [7, 11) is 0.926. The Bertz CT molecular complexity index is 1250. The fourth-order valence-corrected chi connectivity index (χ4v) is 4.89. The number of amides is 1. The van der Waals surface area contributed by atoms with Gasteiger partial charge in [-0.05, 0) is 60.7 Å². The fourth-order valence-electron chi connectivity index (χ4n) is 3.94. The van der Waals surface area contributed by atoms with E-state index in [1.807, 2.05) is 50.2 Å². The van der Waals surface area contributed by atoms with Gasteiger partial charge >= 0.3 is 0 Å². The zero-order valence-electron chi connectivity index (χ0n) is 20.3. The lowest BCUT2D eigenvalue weighted by Crippen LogP contribution is -2.30. The number of hydrogen-bond acceptors (Lipinski definition) is 4. The summed E-state index contributed by atoms with van der Waals surface area (Å²) in [6, 6.07) is 20.5. The molecule has 0 aliphatic heterocycles. The van der Waals surface area contributed by atoms with Gasteiger partial charge in [-0.25, -0.2) is 12.7 Å². The topological polar surface area (TPSA) is 75.7 Å². The normalized spacial score (nSPS) is 12.4. The van der Waals surface area contributed by atoms with E-state index in [2.05, 4.69) is 17.4 Å². The maximum absolute atomic E-state index is 13.1. The van der Waals surface area contributed by atoms with Crippen LogP contribution in [0.15, 0.2) is 71.6 Å². The third kappa shape index (κ3) is 5.85. The van der Waals surface area contributed by atoms with Crippen molar-refractivity contribution in [3.8, 4) is 5.75 Å². The van der Waals surface area contributed by atoms with Crippen molar-refractivity contribution in [3.05, 3.63) is 94.5 Å². The number of nitrogens with zero attached hydrogens (tertiary/aromatic N) is 1. The highest BCUT2D eigenvalue weighted by atomic mass is 32.2. The maximum Gasteiger partial charge on any atom is 0.242 e. The molecular formula is C27H32N2O4S. The average Bonchev–Trinajstić information content (AvgIpc) is 2.81. The van der Waals surface area contributed by atoms with E-state index < -0.39 is 10.0 Å². The van der Waals surface area contributed by atoms with Crippen LogP contribution in [0.2, 0.25) is 0 Å². The number of carbonyl (C=O) groups excluding carboxylic acids is 1. The van der Waals surface area contributed by atoms with Crippen LogP contribution in [0.4, 0.5) is 0 Å². The summed E-state index contributed by atoms with van der Waals surface area (Å²) in [5, 5.41) is 3.17. The summed E-state index contributed by atoms with van der Waals surface area (Å²) < 4.78 is 31.7. The molecule has 1 atom stereocenters. The van der Waals surface area contributed by atoms with Gasteiger partial charge in [0.25, 0.3) is 0 Å². The molecule has 0 saturated carbocycles. The zero-order valence-corrected chi connectivity index (χ0v) is 21.1. The SMILES string of the molecule is COc1ccc(S(=O)(=O)N(C)C)cc1CCC(=O)N[C@@H](c1ccccc1)c1ccc(C)cc1C. The number of carbonyl (C=O) groups is 1. The number of aryl methyl sites for hydroxylation is 3. The minimum Gasteiger partial charge on any atom is -0.496 e. The molecular weight excluding hydrogens is 448 g/mol. The van der Waals surface area contributed by atoms with Gasteiger partial charge < -0.3 is 10.1 Å². The molecule has 0 fully saturated rings. The first-order valence-corrected chi connectivity index (χ1v) is 12.6. The van der Waals surface area contributed by atoms with Crippen molar-refractivity contribution >= 4 is 15.9 Å². The summed E-state index contributed by atoms with van der Waals surface area (Å²) >= 11 is 0. The van der Waals surface area contributed by atoms with E-state index in [1.54, 1.807) is 12.1 Å². The number of sulfonamides is 1. The van der Waals surface area contributed by atoms with E-state index >= 15 is 0 Å². The summed E-state index contributed by atoms with van der Waals surface area (Å²) in [5.74, 6) is 0.427. The number of rotatable bonds is 9. The van der Waals surface area contributed by atoms with Gasteiger partial charge in [-0.1, -0.05) is 54.1 Å². The quantitative estimate of drug-likeness (QED) is 0.493. The van der Waals surface area contributed by atoms with Crippen LogP contribution in [0.25, 0.3) is 0 Å². The van der Waals surface area contributed by atoms with Gasteiger partial charge in [-0.15, -0.1) is 0 Å². The predicted molar refractivity (Wildman–Crippen MR) is 135 cm³/mol. The molecule has 0 aliphatic carbocycles. The van der Waals surface area contributed by atoms with Gasteiger partial charge in [-0.2, -0.15) is 0 Å². The third-order valence-electron chi connectivity index (χ3n) is 5.83. The molecule has 0 aromatic heterocycles. The Morgan fingerprint density at radius 1 is 1.00 bits per heavy atom. The van der Waals surface area contributed by atoms with E-state index in [4.69, 9.17) is 4.74 Å². The van der Waals surface area contributed by atoms with Crippen molar-refractivity contribution in [3.63, 3.8) is 0 Å². The van der Waals surface area contributed by atoms with Gasteiger partial charge in [0.2, 0.25) is 15.9 Å². The molecule has 6 nitrogen and oxygen atoms in total. The van der Waals surface area contributed by atoms with Gasteiger partial charge in [0.05, 0.1) is 18.0 Å². The van der Waals surface area contributed by atoms with E-state index in [1.165, 1.54) is 37.1 Å². The van der Waals surface area contributed by atoms with Crippen LogP contribution < -0.4 is 10.1 Å². The Balaban J connectivity index is 1.83. The summed E-state index contributed by atoms with van der Waals surface area (Å²) in [5.41, 5.74) is 4.99. The molecule has 0 aliphatic rings. The first kappa shape index (κ1) is 25.5. The molecule has 0 saturated heterocycles. The number of ether oxygens (including phenoxy) is 1. The number of nitrogens with one attached hydrogen (secondary N) is 1. The van der Waals surface area contributed by atoms with Crippen LogP contribution in [-0.2, 0) is 21.2 Å². The fraction of sp³-hybridized carbons (Fsp3) is 0.296. The molecule has 34 heavy (non-hydrogen) atoms. The average molecular weight is 481 g/mol. The highest BCUT2D eigenvalue weighted by molar-refractivity contribution is 7.89. The van der Waals surface area contributed by atoms with Gasteiger partial charge in [-0.3, -0.25) is 4.79 Å². The monoisotopic (exact) mass is 480 g/mol. The Labute approximate surface area is 202 Å². The predicted octanol–water partition coefficient (Wildman–Crippen LogP) is 4.40. The molecule has 0 spiro atoms. The number of benzene rings is 3. The van der Waals surface area contributed by atoms with Crippen LogP contribution in [0.3, 0.4) is 0 Å². The molecule has 180 valence electrons. The smallest absolute Gasteiger partial charge is 0.242 e. The molecule has 0 bridgehead atoms. The van der Waals surface area contributed by atoms with Crippen molar-refractivity contribution in [2.24, 2.45) is 0 Å². The standard InChI is InChI=1S/C27H32N2O4S/c1-19-11-14-24(20(2)17-19)27(21-9-7-6-8-10-21)28-26(30)16-12-22-18-23(13-15-25(22)33-5)34(31,32)29(3)4/h6-11,13-15,17-18,27H,12,16H2,1-5H3,(H,28,30)/t27-/m0/s1. The van der Waals surface area contributed by atoms with Crippen LogP contribution in [0, 0.1) is 13.8 Å². The highest BCUT2D eigenvalue weighted by Gasteiger charge is 2.21. The first-order chi connectivity index (χ1) is 16.1. The minimum absolute atomic E-state index is 0.128. The molecule has 1 N–H and O–H groups in total. The number of hydrogen-bond donors (Lipinski definition) is 1. The summed E-state index contributed by atoms with van der Waals surface area (Å²) in [6.07, 6.45) is 0.538. The Morgan fingerprint density at radius 2 is 1.71 bits per heavy atom. The van der Waals surface area contributed by atoms with E-state index in [-0.39, 0.29) is 23.3 Å². The highest BCUT2D eigenvalue weighted by Crippen LogP contribution is 2.27. The Morgan fingerprint density at radius 3 is 2.32 bits per heavy atom. The third-order valence-corrected chi connectivity index (χ3v) is 7.64. The Kier molecular flexibility index (Phi) is 8.12. The molecule has 0 unspecified atom stereocenters. The van der Waals surface area contributed by atoms with Crippen molar-refractivity contribution in [1.29, 1.82) is 0 Å². The van der Waals surface area contributed by atoms with Crippen molar-refractivity contribution in [1.82, 2.24) is 9.62 Å².